The van der Waals surface area contributed by atoms with Gasteiger partial charge in [-0.3, -0.25) is 9.80 Å². The van der Waals surface area contributed by atoms with Gasteiger partial charge in [0.05, 0.1) is 19.8 Å². The quantitative estimate of drug-likeness (QED) is 0.851. The number of nitrogens with zero attached hydrogens (tertiary/aromatic N) is 2. The number of ether oxygens (including phenoxy) is 2. The van der Waals surface area contributed by atoms with Gasteiger partial charge in [-0.25, -0.2) is 0 Å². The molecule has 0 bridgehead atoms. The van der Waals surface area contributed by atoms with E-state index in [1.165, 1.54) is 37.1 Å². The molecule has 2 saturated heterocycles. The third kappa shape index (κ3) is 3.25. The van der Waals surface area contributed by atoms with Crippen LogP contribution in [0.2, 0.25) is 0 Å². The highest BCUT2D eigenvalue weighted by Gasteiger charge is 2.35. The normalized spacial score (nSPS) is 28.2. The molecule has 1 aromatic rings. The first-order valence-electron chi connectivity index (χ1n) is 9.14. The summed E-state index contributed by atoms with van der Waals surface area (Å²) in [5.41, 5.74) is 2.80. The second-order valence-electron chi connectivity index (χ2n) is 7.15. The maximum absolute atomic E-state index is 5.88. The maximum atomic E-state index is 5.88. The Balaban J connectivity index is 1.38. The lowest BCUT2D eigenvalue weighted by atomic mass is 10.0. The highest BCUT2D eigenvalue weighted by atomic mass is 16.5. The third-order valence-corrected chi connectivity index (χ3v) is 5.48. The zero-order valence-electron chi connectivity index (χ0n) is 14.2. The lowest BCUT2D eigenvalue weighted by Gasteiger charge is -2.48. The Kier molecular flexibility index (Phi) is 4.56. The number of benzene rings is 1. The van der Waals surface area contributed by atoms with Crippen LogP contribution < -0.4 is 4.74 Å². The summed E-state index contributed by atoms with van der Waals surface area (Å²) in [6, 6.07) is 7.93. The molecule has 23 heavy (non-hydrogen) atoms. The predicted molar refractivity (Wildman–Crippen MR) is 90.9 cm³/mol. The number of hydrogen-bond donors (Lipinski definition) is 0. The van der Waals surface area contributed by atoms with Gasteiger partial charge in [-0.1, -0.05) is 25.5 Å². The Morgan fingerprint density at radius 2 is 2.17 bits per heavy atom. The molecule has 4 heteroatoms. The summed E-state index contributed by atoms with van der Waals surface area (Å²) in [6.45, 7) is 9.48. The van der Waals surface area contributed by atoms with Crippen molar-refractivity contribution < 1.29 is 9.47 Å². The van der Waals surface area contributed by atoms with Crippen LogP contribution in [-0.2, 0) is 17.7 Å². The molecule has 3 heterocycles. The molecule has 4 rings (SSSR count). The Morgan fingerprint density at radius 3 is 3.09 bits per heavy atom. The van der Waals surface area contributed by atoms with Crippen LogP contribution in [0.1, 0.15) is 30.9 Å². The summed E-state index contributed by atoms with van der Waals surface area (Å²) in [5.74, 6) is 1.08. The van der Waals surface area contributed by atoms with Crippen LogP contribution in [0.15, 0.2) is 18.2 Å². The Morgan fingerprint density at radius 1 is 1.22 bits per heavy atom. The summed E-state index contributed by atoms with van der Waals surface area (Å²) in [6.07, 6.45) is 3.57. The van der Waals surface area contributed by atoms with E-state index in [0.29, 0.717) is 12.1 Å². The molecule has 0 amide bonds. The van der Waals surface area contributed by atoms with Gasteiger partial charge in [-0.2, -0.15) is 0 Å². The van der Waals surface area contributed by atoms with Gasteiger partial charge in [-0.05, 0) is 23.6 Å². The van der Waals surface area contributed by atoms with Crippen molar-refractivity contribution in [1.29, 1.82) is 0 Å². The largest absolute Gasteiger partial charge is 0.493 e. The second-order valence-corrected chi connectivity index (χ2v) is 7.15. The molecule has 0 aromatic heterocycles. The van der Waals surface area contributed by atoms with Crippen LogP contribution in [0.25, 0.3) is 0 Å². The third-order valence-electron chi connectivity index (χ3n) is 5.48. The fourth-order valence-electron chi connectivity index (χ4n) is 4.32. The lowest BCUT2D eigenvalue weighted by molar-refractivity contribution is -0.0840. The van der Waals surface area contributed by atoms with Crippen LogP contribution in [0.5, 0.6) is 5.75 Å². The van der Waals surface area contributed by atoms with E-state index in [9.17, 15) is 0 Å². The Labute approximate surface area is 139 Å². The van der Waals surface area contributed by atoms with E-state index in [4.69, 9.17) is 9.47 Å². The van der Waals surface area contributed by atoms with Crippen molar-refractivity contribution in [3.63, 3.8) is 0 Å². The molecule has 2 atom stereocenters. The summed E-state index contributed by atoms with van der Waals surface area (Å²) in [5, 5.41) is 0. The molecule has 0 spiro atoms. The first kappa shape index (κ1) is 15.4. The monoisotopic (exact) mass is 316 g/mol. The molecular weight excluding hydrogens is 288 g/mol. The van der Waals surface area contributed by atoms with E-state index in [1.54, 1.807) is 0 Å². The van der Waals surface area contributed by atoms with Crippen molar-refractivity contribution in [2.75, 3.05) is 39.5 Å². The average Bonchev–Trinajstić information content (AvgIpc) is 3.03. The predicted octanol–water partition coefficient (Wildman–Crippen LogP) is 2.31. The van der Waals surface area contributed by atoms with Gasteiger partial charge < -0.3 is 9.47 Å². The molecule has 3 aliphatic rings. The zero-order valence-corrected chi connectivity index (χ0v) is 14.2. The van der Waals surface area contributed by atoms with Crippen molar-refractivity contribution in [3.8, 4) is 5.75 Å². The van der Waals surface area contributed by atoms with Crippen molar-refractivity contribution >= 4 is 0 Å². The van der Waals surface area contributed by atoms with E-state index in [1.807, 2.05) is 0 Å². The number of piperazine rings is 1. The van der Waals surface area contributed by atoms with Crippen molar-refractivity contribution in [2.45, 2.75) is 44.8 Å². The van der Waals surface area contributed by atoms with Crippen LogP contribution in [0.4, 0.5) is 0 Å². The minimum atomic E-state index is 0.576. The van der Waals surface area contributed by atoms with Crippen LogP contribution in [0.3, 0.4) is 0 Å². The Hall–Kier alpha value is -1.10. The smallest absolute Gasteiger partial charge is 0.122 e. The van der Waals surface area contributed by atoms with Crippen molar-refractivity contribution in [1.82, 2.24) is 9.80 Å². The van der Waals surface area contributed by atoms with Crippen molar-refractivity contribution in [2.24, 2.45) is 0 Å². The van der Waals surface area contributed by atoms with Crippen LogP contribution >= 0.6 is 0 Å². The van der Waals surface area contributed by atoms with Gasteiger partial charge in [0.25, 0.3) is 0 Å². The number of rotatable bonds is 4. The highest BCUT2D eigenvalue weighted by molar-refractivity contribution is 5.39. The maximum Gasteiger partial charge on any atom is 0.122 e. The number of morpholine rings is 1. The zero-order chi connectivity index (χ0) is 15.6. The van der Waals surface area contributed by atoms with Gasteiger partial charge in [0, 0.05) is 44.7 Å². The molecule has 1 aromatic carbocycles. The minimum absolute atomic E-state index is 0.576. The molecular formula is C19H28N2O2. The van der Waals surface area contributed by atoms with E-state index in [0.717, 1.165) is 45.1 Å². The van der Waals surface area contributed by atoms with Gasteiger partial charge in [0.15, 0.2) is 0 Å². The summed E-state index contributed by atoms with van der Waals surface area (Å²) in [4.78, 5) is 5.30. The van der Waals surface area contributed by atoms with Gasteiger partial charge >= 0.3 is 0 Å². The molecule has 0 saturated carbocycles. The molecule has 2 fully saturated rings. The second kappa shape index (κ2) is 6.80. The van der Waals surface area contributed by atoms with Crippen molar-refractivity contribution in [3.05, 3.63) is 29.3 Å². The molecule has 3 aliphatic heterocycles. The first-order valence-corrected chi connectivity index (χ1v) is 9.14. The van der Waals surface area contributed by atoms with Gasteiger partial charge in [0.1, 0.15) is 5.75 Å². The molecule has 0 aliphatic carbocycles. The summed E-state index contributed by atoms with van der Waals surface area (Å²) >= 11 is 0. The minimum Gasteiger partial charge on any atom is -0.493 e. The standard InChI is InChI=1S/C19H28N2O2/c1-2-3-17-13-22-14-18-12-20(7-8-21(17)18)11-15-4-5-19-16(10-15)6-9-23-19/h4-5,10,17-18H,2-3,6-9,11-14H2,1H3/t17-,18+/m0/s1. The summed E-state index contributed by atoms with van der Waals surface area (Å²) < 4.78 is 11.5. The van der Waals surface area contributed by atoms with E-state index in [-0.39, 0.29) is 0 Å². The average molecular weight is 316 g/mol. The molecule has 0 N–H and O–H groups in total. The van der Waals surface area contributed by atoms with Gasteiger partial charge in [0.2, 0.25) is 0 Å². The SMILES string of the molecule is CCC[C@H]1COC[C@H]2CN(Cc3ccc4c(c3)CCO4)CCN12. The topological polar surface area (TPSA) is 24.9 Å². The first-order chi connectivity index (χ1) is 11.3. The fraction of sp³-hybridized carbons (Fsp3) is 0.684. The van der Waals surface area contributed by atoms with E-state index in [2.05, 4.69) is 34.9 Å². The van der Waals surface area contributed by atoms with Gasteiger partial charge in [-0.15, -0.1) is 0 Å². The fourth-order valence-corrected chi connectivity index (χ4v) is 4.32. The Bertz CT molecular complexity index is 546. The van der Waals surface area contributed by atoms with E-state index >= 15 is 0 Å². The number of fused-ring (bicyclic) bond motifs is 2. The molecule has 126 valence electrons. The number of hydrogen-bond acceptors (Lipinski definition) is 4. The molecule has 0 unspecified atom stereocenters. The van der Waals surface area contributed by atoms with Crippen LogP contribution in [-0.4, -0.2) is 61.3 Å². The highest BCUT2D eigenvalue weighted by Crippen LogP contribution is 2.27. The molecule has 4 nitrogen and oxygen atoms in total. The summed E-state index contributed by atoms with van der Waals surface area (Å²) in [7, 11) is 0. The van der Waals surface area contributed by atoms with E-state index < -0.39 is 0 Å². The lowest BCUT2D eigenvalue weighted by Crippen LogP contribution is -2.61. The molecule has 0 radical (unpaired) electrons. The van der Waals surface area contributed by atoms with Crippen LogP contribution in [0, 0.1) is 0 Å².